The van der Waals surface area contributed by atoms with Gasteiger partial charge in [-0.05, 0) is 30.9 Å². The molecule has 1 fully saturated rings. The van der Waals surface area contributed by atoms with E-state index in [1.165, 1.54) is 7.05 Å². The largest absolute Gasteiger partial charge is 0.387 e. The fraction of sp³-hybridized carbons (Fsp3) is 0.467. The van der Waals surface area contributed by atoms with Gasteiger partial charge in [0.05, 0.1) is 11.8 Å². The first-order chi connectivity index (χ1) is 11.1. The van der Waals surface area contributed by atoms with Crippen molar-refractivity contribution in [2.75, 3.05) is 13.1 Å². The van der Waals surface area contributed by atoms with E-state index in [2.05, 4.69) is 15.1 Å². The predicted molar refractivity (Wildman–Crippen MR) is 81.7 cm³/mol. The molecule has 23 heavy (non-hydrogen) atoms. The number of H-pyrrole nitrogens is 1. The van der Waals surface area contributed by atoms with Crippen molar-refractivity contribution in [1.29, 1.82) is 0 Å². The van der Waals surface area contributed by atoms with Gasteiger partial charge in [-0.25, -0.2) is 9.48 Å². The molecule has 0 aliphatic carbocycles. The molecule has 0 spiro atoms. The van der Waals surface area contributed by atoms with E-state index >= 15 is 0 Å². The lowest BCUT2D eigenvalue weighted by molar-refractivity contribution is 0.0440. The second-order valence-electron chi connectivity index (χ2n) is 5.73. The lowest BCUT2D eigenvalue weighted by Crippen LogP contribution is -2.40. The Bertz CT molecular complexity index is 731. The number of aromatic nitrogens is 4. The number of rotatable bonds is 3. The Kier molecular flexibility index (Phi) is 4.24. The zero-order valence-corrected chi connectivity index (χ0v) is 12.8. The van der Waals surface area contributed by atoms with Crippen LogP contribution in [0, 0.1) is 5.92 Å². The van der Waals surface area contributed by atoms with Gasteiger partial charge in [-0.15, -0.1) is 5.10 Å². The number of aliphatic hydroxyl groups is 1. The van der Waals surface area contributed by atoms with E-state index in [1.54, 1.807) is 17.2 Å². The Labute approximate surface area is 132 Å². The Morgan fingerprint density at radius 1 is 1.39 bits per heavy atom. The van der Waals surface area contributed by atoms with E-state index in [1.807, 2.05) is 12.1 Å². The number of amides is 1. The van der Waals surface area contributed by atoms with Gasteiger partial charge in [0.2, 0.25) is 5.82 Å². The molecule has 8 heteroatoms. The summed E-state index contributed by atoms with van der Waals surface area (Å²) >= 11 is 0. The summed E-state index contributed by atoms with van der Waals surface area (Å²) in [4.78, 5) is 32.0. The second kappa shape index (κ2) is 6.33. The SMILES string of the molecule is Cn1nc(C(=O)N2CCC(C(O)c3ccccn3)CC2)[nH]c1=O. The van der Waals surface area contributed by atoms with Gasteiger partial charge >= 0.3 is 5.69 Å². The summed E-state index contributed by atoms with van der Waals surface area (Å²) in [6, 6.07) is 5.47. The van der Waals surface area contributed by atoms with Gasteiger partial charge in [-0.2, -0.15) is 0 Å². The molecule has 2 N–H and O–H groups in total. The third kappa shape index (κ3) is 3.16. The molecule has 1 atom stereocenters. The van der Waals surface area contributed by atoms with Crippen LogP contribution >= 0.6 is 0 Å². The summed E-state index contributed by atoms with van der Waals surface area (Å²) in [6.45, 7) is 1.04. The number of aliphatic hydroxyl groups excluding tert-OH is 1. The topological polar surface area (TPSA) is 104 Å². The molecule has 0 radical (unpaired) electrons. The van der Waals surface area contributed by atoms with Crippen LogP contribution in [0.1, 0.15) is 35.3 Å². The van der Waals surface area contributed by atoms with E-state index in [9.17, 15) is 14.7 Å². The van der Waals surface area contributed by atoms with E-state index in [4.69, 9.17) is 0 Å². The predicted octanol–water partition coefficient (Wildman–Crippen LogP) is 0.0892. The summed E-state index contributed by atoms with van der Waals surface area (Å²) in [5, 5.41) is 14.3. The Hall–Kier alpha value is -2.48. The van der Waals surface area contributed by atoms with Gasteiger partial charge in [0.15, 0.2) is 0 Å². The van der Waals surface area contributed by atoms with Gasteiger partial charge in [0, 0.05) is 26.3 Å². The molecule has 2 aromatic heterocycles. The highest BCUT2D eigenvalue weighted by molar-refractivity contribution is 5.90. The molecule has 1 aliphatic heterocycles. The van der Waals surface area contributed by atoms with Crippen molar-refractivity contribution in [2.45, 2.75) is 18.9 Å². The average Bonchev–Trinajstić information content (AvgIpc) is 2.93. The smallest absolute Gasteiger partial charge is 0.343 e. The fourth-order valence-corrected chi connectivity index (χ4v) is 2.86. The fourth-order valence-electron chi connectivity index (χ4n) is 2.86. The Morgan fingerprint density at radius 2 is 2.13 bits per heavy atom. The molecular weight excluding hydrogens is 298 g/mol. The van der Waals surface area contributed by atoms with Crippen molar-refractivity contribution in [3.8, 4) is 0 Å². The highest BCUT2D eigenvalue weighted by Crippen LogP contribution is 2.29. The van der Waals surface area contributed by atoms with Crippen LogP contribution in [0.3, 0.4) is 0 Å². The normalized spacial score (nSPS) is 17.2. The maximum Gasteiger partial charge on any atom is 0.343 e. The summed E-state index contributed by atoms with van der Waals surface area (Å²) < 4.78 is 1.10. The van der Waals surface area contributed by atoms with Crippen LogP contribution in [0.2, 0.25) is 0 Å². The van der Waals surface area contributed by atoms with Crippen LogP contribution in [-0.2, 0) is 7.05 Å². The maximum atomic E-state index is 12.3. The third-order valence-corrected chi connectivity index (χ3v) is 4.24. The number of aromatic amines is 1. The van der Waals surface area contributed by atoms with Crippen molar-refractivity contribution >= 4 is 5.91 Å². The second-order valence-corrected chi connectivity index (χ2v) is 5.73. The number of hydrogen-bond donors (Lipinski definition) is 2. The first kappa shape index (κ1) is 15.4. The number of likely N-dealkylation sites (tertiary alicyclic amines) is 1. The van der Waals surface area contributed by atoms with Gasteiger partial charge in [-0.1, -0.05) is 6.07 Å². The van der Waals surface area contributed by atoms with Gasteiger partial charge < -0.3 is 10.0 Å². The number of nitrogens with zero attached hydrogens (tertiary/aromatic N) is 4. The van der Waals surface area contributed by atoms with Crippen LogP contribution < -0.4 is 5.69 Å². The van der Waals surface area contributed by atoms with Gasteiger partial charge in [0.25, 0.3) is 5.91 Å². The molecule has 1 saturated heterocycles. The number of carbonyl (C=O) groups is 1. The third-order valence-electron chi connectivity index (χ3n) is 4.24. The van der Waals surface area contributed by atoms with Crippen LogP contribution in [0.4, 0.5) is 0 Å². The molecule has 8 nitrogen and oxygen atoms in total. The molecule has 0 saturated carbocycles. The number of carbonyl (C=O) groups excluding carboxylic acids is 1. The standard InChI is InChI=1S/C15H19N5O3/c1-19-15(23)17-13(18-19)14(22)20-8-5-10(6-9-20)12(21)11-4-2-3-7-16-11/h2-4,7,10,12,21H,5-6,8-9H2,1H3,(H,17,18,23). The molecular formula is C15H19N5O3. The molecule has 122 valence electrons. The quantitative estimate of drug-likeness (QED) is 0.835. The minimum atomic E-state index is -0.622. The number of aryl methyl sites for hydroxylation is 1. The summed E-state index contributed by atoms with van der Waals surface area (Å²) in [6.07, 6.45) is 2.40. The van der Waals surface area contributed by atoms with Gasteiger partial charge in [-0.3, -0.25) is 14.8 Å². The van der Waals surface area contributed by atoms with Crippen LogP contribution in [0.25, 0.3) is 0 Å². The molecule has 1 aliphatic rings. The molecule has 0 bridgehead atoms. The molecule has 2 aromatic rings. The first-order valence-corrected chi connectivity index (χ1v) is 7.58. The minimum Gasteiger partial charge on any atom is -0.387 e. The molecule has 1 amide bonds. The Morgan fingerprint density at radius 3 is 2.70 bits per heavy atom. The molecule has 3 rings (SSSR count). The highest BCUT2D eigenvalue weighted by Gasteiger charge is 2.30. The summed E-state index contributed by atoms with van der Waals surface area (Å²) in [5.41, 5.74) is 0.250. The molecule has 0 aromatic carbocycles. The van der Waals surface area contributed by atoms with Crippen LogP contribution in [0.15, 0.2) is 29.2 Å². The van der Waals surface area contributed by atoms with E-state index in [0.29, 0.717) is 31.6 Å². The number of piperidine rings is 1. The minimum absolute atomic E-state index is 0.0567. The van der Waals surface area contributed by atoms with Crippen molar-refractivity contribution in [3.63, 3.8) is 0 Å². The van der Waals surface area contributed by atoms with E-state index < -0.39 is 11.8 Å². The van der Waals surface area contributed by atoms with Crippen LogP contribution in [-0.4, -0.2) is 48.8 Å². The summed E-state index contributed by atoms with van der Waals surface area (Å²) in [5.74, 6) is -0.161. The number of hydrogen-bond acceptors (Lipinski definition) is 5. The summed E-state index contributed by atoms with van der Waals surface area (Å²) in [7, 11) is 1.49. The van der Waals surface area contributed by atoms with Crippen molar-refractivity contribution in [3.05, 3.63) is 46.4 Å². The Balaban J connectivity index is 1.62. The lowest BCUT2D eigenvalue weighted by Gasteiger charge is -2.33. The monoisotopic (exact) mass is 317 g/mol. The average molecular weight is 317 g/mol. The number of nitrogens with one attached hydrogen (secondary N) is 1. The van der Waals surface area contributed by atoms with E-state index in [0.717, 1.165) is 4.68 Å². The van der Waals surface area contributed by atoms with Gasteiger partial charge in [0.1, 0.15) is 0 Å². The zero-order chi connectivity index (χ0) is 16.4. The number of pyridine rings is 1. The maximum absolute atomic E-state index is 12.3. The van der Waals surface area contributed by atoms with E-state index in [-0.39, 0.29) is 17.6 Å². The van der Waals surface area contributed by atoms with Crippen molar-refractivity contribution in [2.24, 2.45) is 13.0 Å². The zero-order valence-electron chi connectivity index (χ0n) is 12.8. The highest BCUT2D eigenvalue weighted by atomic mass is 16.3. The lowest BCUT2D eigenvalue weighted by atomic mass is 9.89. The first-order valence-electron chi connectivity index (χ1n) is 7.58. The molecule has 3 heterocycles. The molecule has 1 unspecified atom stereocenters. The van der Waals surface area contributed by atoms with Crippen LogP contribution in [0.5, 0.6) is 0 Å². The van der Waals surface area contributed by atoms with Crippen molar-refractivity contribution < 1.29 is 9.90 Å². The van der Waals surface area contributed by atoms with Crippen molar-refractivity contribution in [1.82, 2.24) is 24.6 Å².